The zero-order valence-corrected chi connectivity index (χ0v) is 19.9. The van der Waals surface area contributed by atoms with Crippen LogP contribution in [-0.4, -0.2) is 85.0 Å². The molecule has 4 rings (SSSR count). The Morgan fingerprint density at radius 1 is 1.14 bits per heavy atom. The number of piperazine rings is 1. The number of likely N-dealkylation sites (tertiary alicyclic amines) is 1. The maximum Gasteiger partial charge on any atom is 0.263 e. The van der Waals surface area contributed by atoms with Crippen molar-refractivity contribution in [3.63, 3.8) is 0 Å². The number of rotatable bonds is 5. The zero-order chi connectivity index (χ0) is 25.8. The summed E-state index contributed by atoms with van der Waals surface area (Å²) in [5.41, 5.74) is 5.45. The lowest BCUT2D eigenvalue weighted by Crippen LogP contribution is -2.51. The molecule has 2 saturated heterocycles. The third kappa shape index (κ3) is 5.51. The predicted octanol–water partition coefficient (Wildman–Crippen LogP) is 0.782. The van der Waals surface area contributed by atoms with E-state index in [0.29, 0.717) is 26.2 Å². The highest BCUT2D eigenvalue weighted by atomic mass is 19.1. The van der Waals surface area contributed by atoms with Gasteiger partial charge in [0.1, 0.15) is 22.9 Å². The molecule has 0 bridgehead atoms. The predicted molar refractivity (Wildman–Crippen MR) is 132 cm³/mol. The van der Waals surface area contributed by atoms with Gasteiger partial charge in [0, 0.05) is 38.3 Å². The third-order valence-corrected chi connectivity index (χ3v) is 6.49. The SMILES string of the molecule is CN1CCC(C(=O)N2CCN(c3c(F)cncc3NC(=O)/C(C(=N)N)=C3\N=CC(F)=CN3)CC2)CC1. The average Bonchev–Trinajstić information content (AvgIpc) is 2.85. The van der Waals surface area contributed by atoms with Gasteiger partial charge in [-0.15, -0.1) is 0 Å². The normalized spacial score (nSPS) is 20.5. The van der Waals surface area contributed by atoms with Gasteiger partial charge in [-0.2, -0.15) is 0 Å². The monoisotopic (exact) mass is 501 g/mol. The Hall–Kier alpha value is -3.87. The molecule has 3 aliphatic rings. The van der Waals surface area contributed by atoms with Crippen molar-refractivity contribution >= 4 is 35.2 Å². The largest absolute Gasteiger partial charge is 0.383 e. The van der Waals surface area contributed by atoms with Crippen molar-refractivity contribution < 1.29 is 18.4 Å². The van der Waals surface area contributed by atoms with Crippen molar-refractivity contribution in [1.29, 1.82) is 5.41 Å². The molecule has 3 aliphatic heterocycles. The summed E-state index contributed by atoms with van der Waals surface area (Å²) in [5.74, 6) is -2.70. The summed E-state index contributed by atoms with van der Waals surface area (Å²) < 4.78 is 28.2. The smallest absolute Gasteiger partial charge is 0.263 e. The summed E-state index contributed by atoms with van der Waals surface area (Å²) in [7, 11) is 2.05. The Morgan fingerprint density at radius 3 is 2.44 bits per heavy atom. The molecular weight excluding hydrogens is 472 g/mol. The lowest BCUT2D eigenvalue weighted by Gasteiger charge is -2.39. The highest BCUT2D eigenvalue weighted by Crippen LogP contribution is 2.30. The Morgan fingerprint density at radius 2 is 1.83 bits per heavy atom. The number of carbonyl (C=O) groups excluding carboxylic acids is 2. The minimum absolute atomic E-state index is 0.0117. The van der Waals surface area contributed by atoms with E-state index < -0.39 is 23.4 Å². The number of nitrogens with zero attached hydrogens (tertiary/aromatic N) is 5. The minimum Gasteiger partial charge on any atom is -0.383 e. The first-order valence-corrected chi connectivity index (χ1v) is 11.7. The van der Waals surface area contributed by atoms with Gasteiger partial charge >= 0.3 is 0 Å². The van der Waals surface area contributed by atoms with Crippen LogP contribution < -0.4 is 21.3 Å². The van der Waals surface area contributed by atoms with E-state index in [9.17, 15) is 18.4 Å². The number of anilines is 2. The number of aliphatic imine (C=N–C) groups is 1. The standard InChI is InChI=1S/C23H29F2N9O2/c1-32-4-2-14(3-5-32)23(36)34-8-6-33(7-9-34)19-16(25)12-28-13-17(19)31-22(35)18(20(26)27)21-29-10-15(24)11-30-21/h10-14,29H,2-9H2,1H3,(H3,26,27)(H,31,35)/b21-18-. The fraction of sp³-hybridized carbons (Fsp3) is 0.435. The van der Waals surface area contributed by atoms with Crippen molar-refractivity contribution in [2.45, 2.75) is 12.8 Å². The first-order chi connectivity index (χ1) is 17.2. The van der Waals surface area contributed by atoms with E-state index >= 15 is 0 Å². The number of amidine groups is 1. The van der Waals surface area contributed by atoms with Crippen molar-refractivity contribution in [1.82, 2.24) is 20.1 Å². The van der Waals surface area contributed by atoms with E-state index in [2.05, 4.69) is 25.5 Å². The summed E-state index contributed by atoms with van der Waals surface area (Å²) in [6, 6.07) is 0. The number of allylic oxidation sites excluding steroid dienone is 1. The van der Waals surface area contributed by atoms with Gasteiger partial charge in [-0.3, -0.25) is 20.0 Å². The second kappa shape index (κ2) is 10.8. The summed E-state index contributed by atoms with van der Waals surface area (Å²) in [4.78, 5) is 39.3. The van der Waals surface area contributed by atoms with Crippen LogP contribution in [0.1, 0.15) is 12.8 Å². The summed E-state index contributed by atoms with van der Waals surface area (Å²) >= 11 is 0. The van der Waals surface area contributed by atoms with Crippen LogP contribution in [0.15, 0.2) is 40.8 Å². The topological polar surface area (TPSA) is 143 Å². The summed E-state index contributed by atoms with van der Waals surface area (Å²) in [5, 5.41) is 12.8. The summed E-state index contributed by atoms with van der Waals surface area (Å²) in [6.45, 7) is 3.40. The van der Waals surface area contributed by atoms with Crippen LogP contribution in [0.3, 0.4) is 0 Å². The van der Waals surface area contributed by atoms with Gasteiger partial charge in [0.15, 0.2) is 11.6 Å². The van der Waals surface area contributed by atoms with Crippen molar-refractivity contribution in [3.05, 3.63) is 41.6 Å². The maximum atomic E-state index is 14.9. The Bertz CT molecular complexity index is 1130. The van der Waals surface area contributed by atoms with Crippen LogP contribution >= 0.6 is 0 Å². The first kappa shape index (κ1) is 25.2. The number of carbonyl (C=O) groups is 2. The number of amides is 2. The molecule has 11 nitrogen and oxygen atoms in total. The summed E-state index contributed by atoms with van der Waals surface area (Å²) in [6.07, 6.45) is 5.86. The minimum atomic E-state index is -0.831. The molecule has 2 amide bonds. The number of nitrogens with two attached hydrogens (primary N) is 1. The molecule has 1 aromatic rings. The van der Waals surface area contributed by atoms with E-state index in [4.69, 9.17) is 11.1 Å². The molecule has 0 atom stereocenters. The number of aromatic nitrogens is 1. The number of hydrogen-bond donors (Lipinski definition) is 4. The van der Waals surface area contributed by atoms with Gasteiger partial charge < -0.3 is 31.1 Å². The molecule has 0 unspecified atom stereocenters. The molecule has 5 N–H and O–H groups in total. The molecule has 1 aromatic heterocycles. The van der Waals surface area contributed by atoms with Crippen LogP contribution in [-0.2, 0) is 9.59 Å². The van der Waals surface area contributed by atoms with E-state index in [1.807, 2.05) is 11.9 Å². The zero-order valence-electron chi connectivity index (χ0n) is 19.9. The van der Waals surface area contributed by atoms with Gasteiger partial charge in [-0.25, -0.2) is 13.8 Å². The number of pyridine rings is 1. The van der Waals surface area contributed by atoms with Gasteiger partial charge in [0.2, 0.25) is 5.91 Å². The van der Waals surface area contributed by atoms with Crippen LogP contribution in [0, 0.1) is 17.1 Å². The molecule has 36 heavy (non-hydrogen) atoms. The molecule has 0 aliphatic carbocycles. The van der Waals surface area contributed by atoms with Gasteiger partial charge in [-0.1, -0.05) is 0 Å². The number of nitrogens with one attached hydrogen (secondary N) is 3. The van der Waals surface area contributed by atoms with Crippen molar-refractivity contribution in [2.24, 2.45) is 16.6 Å². The van der Waals surface area contributed by atoms with Gasteiger partial charge in [0.25, 0.3) is 5.91 Å². The van der Waals surface area contributed by atoms with Gasteiger partial charge in [0.05, 0.1) is 24.3 Å². The van der Waals surface area contributed by atoms with Crippen molar-refractivity contribution in [3.8, 4) is 0 Å². The average molecular weight is 502 g/mol. The number of hydrogen-bond acceptors (Lipinski definition) is 8. The Balaban J connectivity index is 1.47. The Kier molecular flexibility index (Phi) is 7.58. The third-order valence-electron chi connectivity index (χ3n) is 6.49. The van der Waals surface area contributed by atoms with E-state index in [0.717, 1.165) is 44.5 Å². The number of piperidine rings is 1. The fourth-order valence-corrected chi connectivity index (χ4v) is 4.52. The molecule has 0 spiro atoms. The second-order valence-electron chi connectivity index (χ2n) is 8.93. The molecule has 0 aromatic carbocycles. The molecule has 2 fully saturated rings. The van der Waals surface area contributed by atoms with Crippen LogP contribution in [0.4, 0.5) is 20.2 Å². The van der Waals surface area contributed by atoms with Gasteiger partial charge in [-0.05, 0) is 33.0 Å². The van der Waals surface area contributed by atoms with Crippen molar-refractivity contribution in [2.75, 3.05) is 56.5 Å². The van der Waals surface area contributed by atoms with E-state index in [-0.39, 0.29) is 34.6 Å². The highest BCUT2D eigenvalue weighted by Gasteiger charge is 2.31. The van der Waals surface area contributed by atoms with E-state index in [1.54, 1.807) is 4.90 Å². The van der Waals surface area contributed by atoms with Crippen LogP contribution in [0.5, 0.6) is 0 Å². The first-order valence-electron chi connectivity index (χ1n) is 11.7. The molecule has 192 valence electrons. The molecular formula is C23H29F2N9O2. The van der Waals surface area contributed by atoms with Crippen LogP contribution in [0.2, 0.25) is 0 Å². The molecule has 4 heterocycles. The van der Waals surface area contributed by atoms with E-state index in [1.165, 1.54) is 6.20 Å². The number of halogens is 2. The molecule has 0 saturated carbocycles. The highest BCUT2D eigenvalue weighted by molar-refractivity contribution is 6.24. The maximum absolute atomic E-state index is 14.9. The lowest BCUT2D eigenvalue weighted by molar-refractivity contribution is -0.137. The molecule has 13 heteroatoms. The molecule has 0 radical (unpaired) electrons. The quantitative estimate of drug-likeness (QED) is 0.265. The Labute approximate surface area is 207 Å². The second-order valence-corrected chi connectivity index (χ2v) is 8.93. The van der Waals surface area contributed by atoms with Crippen LogP contribution in [0.25, 0.3) is 0 Å². The lowest BCUT2D eigenvalue weighted by atomic mass is 9.95. The fourth-order valence-electron chi connectivity index (χ4n) is 4.52.